The summed E-state index contributed by atoms with van der Waals surface area (Å²) in [6, 6.07) is 7.94. The van der Waals surface area contributed by atoms with Crippen LogP contribution < -0.4 is 5.32 Å². The molecule has 1 aromatic heterocycles. The summed E-state index contributed by atoms with van der Waals surface area (Å²) in [4.78, 5) is 0. The van der Waals surface area contributed by atoms with E-state index in [1.165, 1.54) is 32.1 Å². The van der Waals surface area contributed by atoms with Gasteiger partial charge in [-0.15, -0.1) is 0 Å². The molecule has 1 aromatic carbocycles. The maximum atomic E-state index is 5.98. The fourth-order valence-electron chi connectivity index (χ4n) is 3.16. The third-order valence-corrected chi connectivity index (χ3v) is 4.62. The van der Waals surface area contributed by atoms with E-state index in [0.717, 1.165) is 40.1 Å². The molecule has 0 unspecified atom stereocenters. The Labute approximate surface area is 131 Å². The molecule has 0 saturated heterocycles. The Morgan fingerprint density at radius 2 is 1.90 bits per heavy atom. The summed E-state index contributed by atoms with van der Waals surface area (Å²) in [7, 11) is 0. The zero-order valence-corrected chi connectivity index (χ0v) is 13.2. The summed E-state index contributed by atoms with van der Waals surface area (Å²) in [5, 5.41) is 11.8. The highest BCUT2D eigenvalue weighted by Gasteiger charge is 2.16. The average molecular weight is 304 g/mol. The molecule has 0 radical (unpaired) electrons. The molecule has 0 atom stereocenters. The van der Waals surface area contributed by atoms with Gasteiger partial charge in [-0.05, 0) is 43.4 Å². The zero-order chi connectivity index (χ0) is 14.7. The zero-order valence-electron chi connectivity index (χ0n) is 12.5. The Morgan fingerprint density at radius 3 is 2.62 bits per heavy atom. The number of aryl methyl sites for hydroxylation is 1. The lowest BCUT2D eigenvalue weighted by molar-refractivity contribution is 0.373. The van der Waals surface area contributed by atoms with Gasteiger partial charge in [0, 0.05) is 22.8 Å². The first-order valence-corrected chi connectivity index (χ1v) is 8.16. The second-order valence-corrected chi connectivity index (χ2v) is 6.40. The largest absolute Gasteiger partial charge is 0.368 e. The van der Waals surface area contributed by atoms with Crippen molar-refractivity contribution in [3.05, 3.63) is 35.0 Å². The number of nitrogens with zero attached hydrogens (tertiary/aromatic N) is 1. The molecule has 2 N–H and O–H groups in total. The molecular weight excluding hydrogens is 282 g/mol. The van der Waals surface area contributed by atoms with E-state index in [9.17, 15) is 0 Å². The van der Waals surface area contributed by atoms with Crippen molar-refractivity contribution in [2.24, 2.45) is 5.92 Å². The molecule has 1 heterocycles. The molecular formula is C17H22ClN3. The van der Waals surface area contributed by atoms with Crippen LogP contribution in [0.25, 0.3) is 11.1 Å². The van der Waals surface area contributed by atoms with Crippen molar-refractivity contribution < 1.29 is 0 Å². The smallest absolute Gasteiger partial charge is 0.155 e. The van der Waals surface area contributed by atoms with Gasteiger partial charge in [0.05, 0.1) is 0 Å². The van der Waals surface area contributed by atoms with Gasteiger partial charge in [-0.3, -0.25) is 5.10 Å². The topological polar surface area (TPSA) is 40.7 Å². The summed E-state index contributed by atoms with van der Waals surface area (Å²) in [6.07, 6.45) is 6.82. The molecule has 21 heavy (non-hydrogen) atoms. The quantitative estimate of drug-likeness (QED) is 0.831. The molecule has 1 aliphatic rings. The molecule has 3 rings (SSSR count). The highest BCUT2D eigenvalue weighted by molar-refractivity contribution is 6.30. The molecule has 2 aromatic rings. The van der Waals surface area contributed by atoms with Crippen LogP contribution in [0.15, 0.2) is 24.3 Å². The van der Waals surface area contributed by atoms with Crippen LogP contribution in [0.1, 0.15) is 37.8 Å². The van der Waals surface area contributed by atoms with E-state index in [4.69, 9.17) is 11.6 Å². The summed E-state index contributed by atoms with van der Waals surface area (Å²) in [5.41, 5.74) is 3.39. The SMILES string of the molecule is Cc1[nH]nc(NCC2CCCCC2)c1-c1ccc(Cl)cc1. The first kappa shape index (κ1) is 14.5. The van der Waals surface area contributed by atoms with Gasteiger partial charge in [-0.1, -0.05) is 43.0 Å². The van der Waals surface area contributed by atoms with Gasteiger partial charge >= 0.3 is 0 Å². The van der Waals surface area contributed by atoms with Crippen LogP contribution in [-0.4, -0.2) is 16.7 Å². The molecule has 4 heteroatoms. The van der Waals surface area contributed by atoms with Gasteiger partial charge in [0.15, 0.2) is 5.82 Å². The number of hydrogen-bond donors (Lipinski definition) is 2. The van der Waals surface area contributed by atoms with Crippen molar-refractivity contribution in [2.45, 2.75) is 39.0 Å². The molecule has 0 bridgehead atoms. The second kappa shape index (κ2) is 6.52. The molecule has 0 amide bonds. The lowest BCUT2D eigenvalue weighted by Crippen LogP contribution is -2.17. The normalized spacial score (nSPS) is 16.1. The number of nitrogens with one attached hydrogen (secondary N) is 2. The number of benzene rings is 1. The standard InChI is InChI=1S/C17H22ClN3/c1-12-16(14-7-9-15(18)10-8-14)17(21-20-12)19-11-13-5-3-2-4-6-13/h7-10,13H,2-6,11H2,1H3,(H2,19,20,21). The van der Waals surface area contributed by atoms with Crippen LogP contribution in [0.4, 0.5) is 5.82 Å². The first-order chi connectivity index (χ1) is 10.2. The molecule has 1 fully saturated rings. The fraction of sp³-hybridized carbons (Fsp3) is 0.471. The van der Waals surface area contributed by atoms with Crippen molar-refractivity contribution in [1.29, 1.82) is 0 Å². The van der Waals surface area contributed by atoms with E-state index in [-0.39, 0.29) is 0 Å². The van der Waals surface area contributed by atoms with Gasteiger partial charge in [0.2, 0.25) is 0 Å². The van der Waals surface area contributed by atoms with Gasteiger partial charge in [-0.2, -0.15) is 5.10 Å². The Balaban J connectivity index is 1.75. The number of rotatable bonds is 4. The summed E-state index contributed by atoms with van der Waals surface area (Å²) < 4.78 is 0. The van der Waals surface area contributed by atoms with E-state index < -0.39 is 0 Å². The monoisotopic (exact) mass is 303 g/mol. The van der Waals surface area contributed by atoms with E-state index in [2.05, 4.69) is 22.4 Å². The van der Waals surface area contributed by atoms with Gasteiger partial charge in [-0.25, -0.2) is 0 Å². The highest BCUT2D eigenvalue weighted by Crippen LogP contribution is 2.31. The first-order valence-electron chi connectivity index (χ1n) is 7.79. The summed E-state index contributed by atoms with van der Waals surface area (Å²) in [5.74, 6) is 1.74. The van der Waals surface area contributed by atoms with Gasteiger partial charge < -0.3 is 5.32 Å². The lowest BCUT2D eigenvalue weighted by atomic mass is 9.89. The Hall–Kier alpha value is -1.48. The predicted molar refractivity (Wildman–Crippen MR) is 88.8 cm³/mol. The minimum atomic E-state index is 0.761. The van der Waals surface area contributed by atoms with Crippen molar-refractivity contribution in [3.8, 4) is 11.1 Å². The van der Waals surface area contributed by atoms with Crippen molar-refractivity contribution in [3.63, 3.8) is 0 Å². The second-order valence-electron chi connectivity index (χ2n) is 5.96. The number of hydrogen-bond acceptors (Lipinski definition) is 2. The van der Waals surface area contributed by atoms with Crippen molar-refractivity contribution in [1.82, 2.24) is 10.2 Å². The van der Waals surface area contributed by atoms with E-state index in [1.54, 1.807) is 0 Å². The number of halogens is 1. The van der Waals surface area contributed by atoms with Crippen molar-refractivity contribution in [2.75, 3.05) is 11.9 Å². The number of H-pyrrole nitrogens is 1. The molecule has 0 aliphatic heterocycles. The fourth-order valence-corrected chi connectivity index (χ4v) is 3.29. The highest BCUT2D eigenvalue weighted by atomic mass is 35.5. The number of aromatic amines is 1. The number of anilines is 1. The Bertz CT molecular complexity index is 583. The predicted octanol–water partition coefficient (Wildman–Crippen LogP) is 5.03. The molecule has 1 aliphatic carbocycles. The third kappa shape index (κ3) is 3.41. The maximum Gasteiger partial charge on any atom is 0.155 e. The minimum Gasteiger partial charge on any atom is -0.368 e. The lowest BCUT2D eigenvalue weighted by Gasteiger charge is -2.22. The Morgan fingerprint density at radius 1 is 1.19 bits per heavy atom. The van der Waals surface area contributed by atoms with Crippen LogP contribution in [0.5, 0.6) is 0 Å². The van der Waals surface area contributed by atoms with E-state index >= 15 is 0 Å². The van der Waals surface area contributed by atoms with Crippen LogP contribution in [-0.2, 0) is 0 Å². The van der Waals surface area contributed by atoms with E-state index in [0.29, 0.717) is 0 Å². The van der Waals surface area contributed by atoms with Crippen LogP contribution in [0.2, 0.25) is 5.02 Å². The molecule has 3 nitrogen and oxygen atoms in total. The number of aromatic nitrogens is 2. The Kier molecular flexibility index (Phi) is 4.49. The average Bonchev–Trinajstić information content (AvgIpc) is 2.88. The summed E-state index contributed by atoms with van der Waals surface area (Å²) in [6.45, 7) is 3.08. The summed E-state index contributed by atoms with van der Waals surface area (Å²) >= 11 is 5.98. The molecule has 0 spiro atoms. The van der Waals surface area contributed by atoms with Crippen LogP contribution >= 0.6 is 11.6 Å². The van der Waals surface area contributed by atoms with Crippen LogP contribution in [0, 0.1) is 12.8 Å². The molecule has 112 valence electrons. The van der Waals surface area contributed by atoms with Gasteiger partial charge in [0.25, 0.3) is 0 Å². The minimum absolute atomic E-state index is 0.761. The van der Waals surface area contributed by atoms with Gasteiger partial charge in [0.1, 0.15) is 0 Å². The van der Waals surface area contributed by atoms with Crippen molar-refractivity contribution >= 4 is 17.4 Å². The van der Waals surface area contributed by atoms with Crippen LogP contribution in [0.3, 0.4) is 0 Å². The maximum absolute atomic E-state index is 5.98. The van der Waals surface area contributed by atoms with E-state index in [1.807, 2.05) is 24.3 Å². The molecule has 1 saturated carbocycles. The third-order valence-electron chi connectivity index (χ3n) is 4.36.